The Balaban J connectivity index is 0.885. The van der Waals surface area contributed by atoms with Gasteiger partial charge in [-0.25, -0.2) is 0 Å². The fourth-order valence-electron chi connectivity index (χ4n) is 11.9. The van der Waals surface area contributed by atoms with Crippen molar-refractivity contribution in [3.8, 4) is 0 Å². The SMILES string of the molecule is C[C@H](CCC(=O)NCC(=O)OCOC(=O)CCC(CP(=O)(OCc1ccccc1)OCc1ccccc1)[C](=O)[Sn])C1CCC2C3CCC4CCCCC4(C)C3CCC21C. The van der Waals surface area contributed by atoms with Crippen LogP contribution in [0.25, 0.3) is 0 Å². The van der Waals surface area contributed by atoms with Gasteiger partial charge in [0.25, 0.3) is 0 Å². The molecule has 321 valence electrons. The van der Waals surface area contributed by atoms with Crippen LogP contribution in [0.3, 0.4) is 0 Å². The Morgan fingerprint density at radius 2 is 1.41 bits per heavy atom. The second kappa shape index (κ2) is 21.0. The third-order valence-corrected chi connectivity index (χ3v) is 18.2. The molecule has 2 aromatic rings. The van der Waals surface area contributed by atoms with E-state index in [-0.39, 0.29) is 48.5 Å². The normalized spacial score (nSPS) is 28.6. The van der Waals surface area contributed by atoms with E-state index in [4.69, 9.17) is 18.5 Å². The number of fused-ring (bicyclic) bond motifs is 5. The van der Waals surface area contributed by atoms with Crippen molar-refractivity contribution in [3.63, 3.8) is 0 Å². The van der Waals surface area contributed by atoms with Crippen molar-refractivity contribution in [2.45, 2.75) is 124 Å². The van der Waals surface area contributed by atoms with Gasteiger partial charge >= 0.3 is 218 Å². The van der Waals surface area contributed by atoms with E-state index in [1.54, 1.807) is 0 Å². The first-order valence-corrected chi connectivity index (χ1v) is 25.2. The van der Waals surface area contributed by atoms with E-state index in [9.17, 15) is 23.7 Å². The van der Waals surface area contributed by atoms with E-state index in [0.29, 0.717) is 51.6 Å². The minimum Gasteiger partial charge on any atom is -0.0591 e. The Morgan fingerprint density at radius 3 is 2.07 bits per heavy atom. The van der Waals surface area contributed by atoms with Gasteiger partial charge in [0.15, 0.2) is 0 Å². The standard InChI is InChI=1S/C47H65NO9P.Sn/c1-34(40-21-22-41-39-20-19-38-16-10-11-26-46(38,2)42(39)25-27-47(40,41)3)17-23-43(50)48-28-45(52)55-33-54-44(51)24-18-37(29-49)32-58(53,56-30-35-12-6-4-7-13-35)57-31-36-14-8-5-9-15-36;/h4-9,12-15,34,37-42H,10-11,16-28,30-33H2,1-3H3,(H,48,50);/t34-,37?,38?,39?,40?,41?,42?,46?,47?;/m1./s1. The van der Waals surface area contributed by atoms with Gasteiger partial charge in [0, 0.05) is 6.42 Å². The van der Waals surface area contributed by atoms with Gasteiger partial charge in [-0.3, -0.25) is 4.79 Å². The Hall–Kier alpha value is -2.53. The molecule has 0 bridgehead atoms. The van der Waals surface area contributed by atoms with Crippen molar-refractivity contribution in [3.05, 3.63) is 71.8 Å². The Morgan fingerprint density at radius 1 is 0.763 bits per heavy atom. The molecule has 12 heteroatoms. The van der Waals surface area contributed by atoms with Crippen molar-refractivity contribution in [1.29, 1.82) is 0 Å². The number of benzene rings is 2. The molecule has 8 unspecified atom stereocenters. The van der Waals surface area contributed by atoms with Gasteiger partial charge in [0.05, 0.1) is 0 Å². The summed E-state index contributed by atoms with van der Waals surface area (Å²) in [4.78, 5) is 50.5. The van der Waals surface area contributed by atoms with Crippen LogP contribution in [0, 0.1) is 52.3 Å². The van der Waals surface area contributed by atoms with Crippen molar-refractivity contribution < 1.29 is 42.3 Å². The monoisotopic (exact) mass is 938 g/mol. The third kappa shape index (κ3) is 11.9. The average Bonchev–Trinajstić information content (AvgIpc) is 3.60. The van der Waals surface area contributed by atoms with Gasteiger partial charge < -0.3 is 0 Å². The molecular formula is C47H65NO9PSn. The molecule has 4 saturated carbocycles. The summed E-state index contributed by atoms with van der Waals surface area (Å²) < 4.78 is 35.7. The molecule has 3 radical (unpaired) electrons. The molecule has 1 amide bonds. The number of carbonyl (C=O) groups excluding carboxylic acids is 4. The van der Waals surface area contributed by atoms with Crippen LogP contribution >= 0.6 is 7.60 Å². The van der Waals surface area contributed by atoms with Crippen molar-refractivity contribution in [2.24, 2.45) is 52.3 Å². The molecule has 10 nitrogen and oxygen atoms in total. The van der Waals surface area contributed by atoms with Crippen LogP contribution in [0.5, 0.6) is 0 Å². The van der Waals surface area contributed by atoms with Crippen LogP contribution in [0.15, 0.2) is 60.7 Å². The first kappa shape index (κ1) is 46.0. The molecule has 0 aliphatic heterocycles. The number of carbonyl (C=O) groups is 4. The molecule has 0 heterocycles. The molecular weight excluding hydrogens is 872 g/mol. The summed E-state index contributed by atoms with van der Waals surface area (Å²) in [6, 6.07) is 18.5. The smallest absolute Gasteiger partial charge is 0.0264 e. The van der Waals surface area contributed by atoms with Crippen LogP contribution in [0.4, 0.5) is 0 Å². The number of rotatable bonds is 20. The van der Waals surface area contributed by atoms with E-state index in [1.165, 1.54) is 64.2 Å². The molecule has 4 fully saturated rings. The number of nitrogens with one attached hydrogen (secondary N) is 1. The second-order valence-electron chi connectivity index (χ2n) is 18.5. The van der Waals surface area contributed by atoms with E-state index in [2.05, 4.69) is 26.1 Å². The predicted octanol–water partition coefficient (Wildman–Crippen LogP) is 9.33. The quantitative estimate of drug-likeness (QED) is 0.0597. The molecule has 1 N–H and O–H groups in total. The van der Waals surface area contributed by atoms with Gasteiger partial charge in [0.2, 0.25) is 0 Å². The first-order valence-electron chi connectivity index (χ1n) is 22.1. The number of hydrogen-bond donors (Lipinski definition) is 1. The maximum Gasteiger partial charge on any atom is -0.0264 e. The van der Waals surface area contributed by atoms with Gasteiger partial charge in [0.1, 0.15) is 0 Å². The van der Waals surface area contributed by atoms with E-state index in [0.717, 1.165) is 41.2 Å². The molecule has 4 aliphatic carbocycles. The number of ether oxygens (including phenoxy) is 2. The van der Waals surface area contributed by atoms with E-state index < -0.39 is 32.2 Å². The second-order valence-corrected chi connectivity index (χ2v) is 22.0. The third-order valence-electron chi connectivity index (χ3n) is 15.1. The summed E-state index contributed by atoms with van der Waals surface area (Å²) >= 11 is 0.606. The number of esters is 2. The summed E-state index contributed by atoms with van der Waals surface area (Å²) in [6.07, 6.45) is 14.6. The van der Waals surface area contributed by atoms with Gasteiger partial charge in [-0.05, 0) is 104 Å². The maximum absolute atomic E-state index is 14.0. The van der Waals surface area contributed by atoms with Crippen LogP contribution in [0.1, 0.15) is 122 Å². The van der Waals surface area contributed by atoms with Gasteiger partial charge in [-0.1, -0.05) is 33.6 Å². The van der Waals surface area contributed by atoms with Gasteiger partial charge in [-0.2, -0.15) is 0 Å². The molecule has 59 heavy (non-hydrogen) atoms. The van der Waals surface area contributed by atoms with Crippen molar-refractivity contribution in [2.75, 3.05) is 19.5 Å². The predicted molar refractivity (Wildman–Crippen MR) is 227 cm³/mol. The maximum atomic E-state index is 14.0. The molecule has 2 aromatic carbocycles. The fraction of sp³-hybridized carbons (Fsp3) is 0.660. The molecule has 9 atom stereocenters. The summed E-state index contributed by atoms with van der Waals surface area (Å²) in [7, 11) is -3.77. The molecule has 0 aromatic heterocycles. The Kier molecular flexibility index (Phi) is 16.4. The molecule has 6 rings (SSSR count). The van der Waals surface area contributed by atoms with Crippen molar-refractivity contribution >= 4 is 51.8 Å². The van der Waals surface area contributed by atoms with Crippen LogP contribution in [0.2, 0.25) is 0 Å². The zero-order valence-electron chi connectivity index (χ0n) is 35.4. The van der Waals surface area contributed by atoms with Crippen molar-refractivity contribution in [1.82, 2.24) is 5.32 Å². The Labute approximate surface area is 365 Å². The van der Waals surface area contributed by atoms with E-state index >= 15 is 0 Å². The Bertz CT molecular complexity index is 1730. The summed E-state index contributed by atoms with van der Waals surface area (Å²) in [5.41, 5.74) is 2.51. The summed E-state index contributed by atoms with van der Waals surface area (Å²) in [5, 5.41) is 2.68. The summed E-state index contributed by atoms with van der Waals surface area (Å²) in [6.45, 7) is 6.68. The van der Waals surface area contributed by atoms with E-state index in [1.807, 2.05) is 60.7 Å². The average molecular weight is 938 g/mol. The zero-order chi connectivity index (χ0) is 42.0. The minimum absolute atomic E-state index is 0.0405. The minimum atomic E-state index is -3.77. The first-order chi connectivity index (χ1) is 28.3. The van der Waals surface area contributed by atoms with Crippen LogP contribution in [-0.2, 0) is 55.5 Å². The van der Waals surface area contributed by atoms with Crippen LogP contribution in [-0.4, -0.2) is 63.7 Å². The molecule has 0 saturated heterocycles. The molecule has 4 aliphatic rings. The number of hydrogen-bond acceptors (Lipinski definition) is 9. The summed E-state index contributed by atoms with van der Waals surface area (Å²) in [5.74, 6) is 2.21. The molecule has 0 spiro atoms. The number of amides is 1. The van der Waals surface area contributed by atoms with Crippen LogP contribution < -0.4 is 5.32 Å². The topological polar surface area (TPSA) is 134 Å². The van der Waals surface area contributed by atoms with Gasteiger partial charge in [-0.15, -0.1) is 0 Å². The zero-order valence-corrected chi connectivity index (χ0v) is 39.1. The fourth-order valence-corrected chi connectivity index (χ4v) is 14.9. The largest absolute Gasteiger partial charge is 0.0591 e.